The molecule has 0 saturated carbocycles. The number of hydrogen-bond donors (Lipinski definition) is 1. The predicted molar refractivity (Wildman–Crippen MR) is 89.9 cm³/mol. The summed E-state index contributed by atoms with van der Waals surface area (Å²) in [6, 6.07) is 3.36. The van der Waals surface area contributed by atoms with Crippen molar-refractivity contribution in [1.29, 1.82) is 0 Å². The number of anilines is 1. The molecule has 1 unspecified atom stereocenters. The van der Waals surface area contributed by atoms with Crippen molar-refractivity contribution in [2.75, 3.05) is 11.1 Å². The molecule has 24 heavy (non-hydrogen) atoms. The fraction of sp³-hybridized carbons (Fsp3) is 0.200. The highest BCUT2D eigenvalue weighted by Gasteiger charge is 2.23. The maximum atomic E-state index is 11.6. The third-order valence-corrected chi connectivity index (χ3v) is 5.16. The smallest absolute Gasteiger partial charge is 0.173 e. The van der Waals surface area contributed by atoms with E-state index in [4.69, 9.17) is 0 Å². The van der Waals surface area contributed by atoms with Crippen LogP contribution in [0.3, 0.4) is 0 Å². The van der Waals surface area contributed by atoms with Crippen molar-refractivity contribution in [3.63, 3.8) is 0 Å². The average molecular weight is 342 g/mol. The molecule has 0 saturated heterocycles. The largest absolute Gasteiger partial charge is 0.362 e. The first-order valence-corrected chi connectivity index (χ1v) is 9.01. The standard InChI is InChI=1S/C15H14N6O2S/c1-21-15-12(8-17-21)14(18-11-4-6-24(22,23)9-11)19-13(20-15)10-3-2-5-16-7-10/h2-8,11H,9H2,1H3,(H,18,19,20). The molecule has 0 bridgehead atoms. The third kappa shape index (κ3) is 2.62. The Labute approximate surface area is 138 Å². The van der Waals surface area contributed by atoms with Gasteiger partial charge in [-0.25, -0.2) is 18.4 Å². The van der Waals surface area contributed by atoms with Crippen molar-refractivity contribution in [3.05, 3.63) is 42.2 Å². The monoisotopic (exact) mass is 342 g/mol. The molecule has 0 spiro atoms. The van der Waals surface area contributed by atoms with E-state index in [1.54, 1.807) is 36.4 Å². The number of fused-ring (bicyclic) bond motifs is 1. The zero-order chi connectivity index (χ0) is 16.7. The number of pyridine rings is 1. The lowest BCUT2D eigenvalue weighted by Crippen LogP contribution is -2.22. The number of aromatic nitrogens is 5. The molecular weight excluding hydrogens is 328 g/mol. The number of nitrogens with one attached hydrogen (secondary N) is 1. The minimum atomic E-state index is -3.14. The molecule has 3 aromatic rings. The summed E-state index contributed by atoms with van der Waals surface area (Å²) in [5, 5.41) is 9.36. The molecule has 1 N–H and O–H groups in total. The average Bonchev–Trinajstić information content (AvgIpc) is 3.11. The topological polar surface area (TPSA) is 103 Å². The lowest BCUT2D eigenvalue weighted by atomic mass is 10.2. The summed E-state index contributed by atoms with van der Waals surface area (Å²) in [6.45, 7) is 0. The lowest BCUT2D eigenvalue weighted by Gasteiger charge is -2.12. The maximum absolute atomic E-state index is 11.6. The van der Waals surface area contributed by atoms with Gasteiger partial charge in [-0.2, -0.15) is 5.10 Å². The van der Waals surface area contributed by atoms with Gasteiger partial charge in [0.2, 0.25) is 0 Å². The number of rotatable bonds is 3. The van der Waals surface area contributed by atoms with Gasteiger partial charge >= 0.3 is 0 Å². The predicted octanol–water partition coefficient (Wildman–Crippen LogP) is 1.15. The molecule has 0 radical (unpaired) electrons. The molecule has 122 valence electrons. The Hall–Kier alpha value is -2.81. The van der Waals surface area contributed by atoms with Crippen molar-refractivity contribution >= 4 is 26.7 Å². The fourth-order valence-electron chi connectivity index (χ4n) is 2.60. The Morgan fingerprint density at radius 2 is 2.17 bits per heavy atom. The van der Waals surface area contributed by atoms with Gasteiger partial charge in [-0.3, -0.25) is 9.67 Å². The molecule has 4 heterocycles. The summed E-state index contributed by atoms with van der Waals surface area (Å²) in [4.78, 5) is 13.2. The Morgan fingerprint density at radius 3 is 2.88 bits per heavy atom. The minimum Gasteiger partial charge on any atom is -0.362 e. The molecule has 0 amide bonds. The highest BCUT2D eigenvalue weighted by molar-refractivity contribution is 7.94. The summed E-state index contributed by atoms with van der Waals surface area (Å²) in [6.07, 6.45) is 6.65. The van der Waals surface area contributed by atoms with Crippen molar-refractivity contribution in [2.24, 2.45) is 7.05 Å². The van der Waals surface area contributed by atoms with E-state index in [2.05, 4.69) is 25.4 Å². The van der Waals surface area contributed by atoms with Crippen LogP contribution in [-0.4, -0.2) is 44.9 Å². The van der Waals surface area contributed by atoms with Crippen LogP contribution in [-0.2, 0) is 16.9 Å². The van der Waals surface area contributed by atoms with Gasteiger partial charge in [-0.15, -0.1) is 0 Å². The molecule has 0 aromatic carbocycles. The van der Waals surface area contributed by atoms with Crippen LogP contribution in [0.25, 0.3) is 22.4 Å². The van der Waals surface area contributed by atoms with Gasteiger partial charge in [0.05, 0.1) is 23.4 Å². The normalized spacial score (nSPS) is 19.0. The van der Waals surface area contributed by atoms with E-state index < -0.39 is 9.84 Å². The Bertz CT molecular complexity index is 1040. The van der Waals surface area contributed by atoms with Gasteiger partial charge in [0.25, 0.3) is 0 Å². The second kappa shape index (κ2) is 5.38. The molecule has 0 aliphatic carbocycles. The van der Waals surface area contributed by atoms with Gasteiger partial charge in [0.15, 0.2) is 21.3 Å². The SMILES string of the molecule is Cn1ncc2c(NC3C=CS(=O)(=O)C3)nc(-c3cccnc3)nc21. The zero-order valence-electron chi connectivity index (χ0n) is 12.8. The van der Waals surface area contributed by atoms with Crippen LogP contribution in [0.4, 0.5) is 5.82 Å². The van der Waals surface area contributed by atoms with Gasteiger partial charge in [-0.1, -0.05) is 0 Å². The quantitative estimate of drug-likeness (QED) is 0.761. The van der Waals surface area contributed by atoms with Crippen molar-refractivity contribution in [3.8, 4) is 11.4 Å². The lowest BCUT2D eigenvalue weighted by molar-refractivity contribution is 0.605. The number of sulfone groups is 1. The van der Waals surface area contributed by atoms with E-state index in [1.807, 2.05) is 12.1 Å². The highest BCUT2D eigenvalue weighted by Crippen LogP contribution is 2.25. The molecule has 9 heteroatoms. The van der Waals surface area contributed by atoms with Crippen LogP contribution < -0.4 is 5.32 Å². The van der Waals surface area contributed by atoms with Crippen LogP contribution >= 0.6 is 0 Å². The Kier molecular flexibility index (Phi) is 3.31. The molecule has 4 rings (SSSR count). The van der Waals surface area contributed by atoms with Crippen molar-refractivity contribution in [2.45, 2.75) is 6.04 Å². The minimum absolute atomic E-state index is 0.0149. The van der Waals surface area contributed by atoms with Crippen molar-refractivity contribution in [1.82, 2.24) is 24.7 Å². The van der Waals surface area contributed by atoms with Crippen LogP contribution in [0.5, 0.6) is 0 Å². The number of nitrogens with zero attached hydrogens (tertiary/aromatic N) is 5. The van der Waals surface area contributed by atoms with Gasteiger partial charge in [-0.05, 0) is 18.2 Å². The van der Waals surface area contributed by atoms with Crippen LogP contribution in [0.15, 0.2) is 42.2 Å². The first-order valence-electron chi connectivity index (χ1n) is 7.29. The molecule has 8 nitrogen and oxygen atoms in total. The van der Waals surface area contributed by atoms with E-state index in [0.717, 1.165) is 10.9 Å². The molecule has 0 fully saturated rings. The molecule has 3 aromatic heterocycles. The van der Waals surface area contributed by atoms with Gasteiger partial charge in [0.1, 0.15) is 5.82 Å². The molecular formula is C15H14N6O2S. The number of hydrogen-bond acceptors (Lipinski definition) is 7. The first kappa shape index (κ1) is 14.8. The maximum Gasteiger partial charge on any atom is 0.173 e. The summed E-state index contributed by atoms with van der Waals surface area (Å²) < 4.78 is 24.9. The van der Waals surface area contributed by atoms with Crippen LogP contribution in [0.1, 0.15) is 0 Å². The second-order valence-electron chi connectivity index (χ2n) is 5.55. The highest BCUT2D eigenvalue weighted by atomic mass is 32.2. The third-order valence-electron chi connectivity index (χ3n) is 3.76. The summed E-state index contributed by atoms with van der Waals surface area (Å²) >= 11 is 0. The van der Waals surface area contributed by atoms with E-state index in [1.165, 1.54) is 5.41 Å². The van der Waals surface area contributed by atoms with Crippen molar-refractivity contribution < 1.29 is 8.42 Å². The van der Waals surface area contributed by atoms with E-state index >= 15 is 0 Å². The molecule has 1 atom stereocenters. The van der Waals surface area contributed by atoms with E-state index in [-0.39, 0.29) is 11.8 Å². The fourth-order valence-corrected chi connectivity index (χ4v) is 3.83. The first-order chi connectivity index (χ1) is 11.5. The number of aryl methyl sites for hydroxylation is 1. The molecule has 1 aliphatic heterocycles. The van der Waals surface area contributed by atoms with Gasteiger partial charge < -0.3 is 5.32 Å². The van der Waals surface area contributed by atoms with Gasteiger partial charge in [0, 0.05) is 30.4 Å². The van der Waals surface area contributed by atoms with E-state index in [9.17, 15) is 8.42 Å². The summed E-state index contributed by atoms with van der Waals surface area (Å²) in [5.41, 5.74) is 1.44. The summed E-state index contributed by atoms with van der Waals surface area (Å²) in [7, 11) is -1.35. The van der Waals surface area contributed by atoms with Crippen LogP contribution in [0.2, 0.25) is 0 Å². The van der Waals surface area contributed by atoms with E-state index in [0.29, 0.717) is 17.3 Å². The van der Waals surface area contributed by atoms with Crippen LogP contribution in [0, 0.1) is 0 Å². The summed E-state index contributed by atoms with van der Waals surface area (Å²) in [5.74, 6) is 1.08. The molecule has 1 aliphatic rings. The zero-order valence-corrected chi connectivity index (χ0v) is 13.6. The Balaban J connectivity index is 1.80. The second-order valence-corrected chi connectivity index (χ2v) is 7.48. The Morgan fingerprint density at radius 1 is 1.29 bits per heavy atom.